The summed E-state index contributed by atoms with van der Waals surface area (Å²) in [6, 6.07) is 5.09. The number of methoxy groups -OCH3 is 1. The maximum Gasteiger partial charge on any atom is 0.257 e. The largest absolute Gasteiger partial charge is 0.496 e. The fourth-order valence-electron chi connectivity index (χ4n) is 1.34. The van der Waals surface area contributed by atoms with Crippen LogP contribution < -0.4 is 15.8 Å². The number of hydrogen-bond donors (Lipinski definition) is 2. The van der Waals surface area contributed by atoms with Crippen molar-refractivity contribution in [2.24, 2.45) is 5.73 Å². The summed E-state index contributed by atoms with van der Waals surface area (Å²) < 4.78 is 5.14. The van der Waals surface area contributed by atoms with E-state index in [0.717, 1.165) is 0 Å². The second-order valence-electron chi connectivity index (χ2n) is 3.60. The first kappa shape index (κ1) is 13.2. The van der Waals surface area contributed by atoms with Crippen LogP contribution in [0.3, 0.4) is 0 Å². The van der Waals surface area contributed by atoms with Crippen LogP contribution in [0.25, 0.3) is 0 Å². The molecule has 0 bridgehead atoms. The normalized spacial score (nSPS) is 9.59. The van der Waals surface area contributed by atoms with Gasteiger partial charge in [0, 0.05) is 19.8 Å². The van der Waals surface area contributed by atoms with Crippen LogP contribution in [0.15, 0.2) is 18.2 Å². The number of ether oxygens (including phenoxy) is 1. The number of carbonyl (C=O) groups excluding carboxylic acids is 1. The predicted molar refractivity (Wildman–Crippen MR) is 71.4 cm³/mol. The maximum absolute atomic E-state index is 11.9. The molecule has 0 aliphatic carbocycles. The molecule has 0 atom stereocenters. The number of nitrogens with two attached hydrogens (primary N) is 1. The van der Waals surface area contributed by atoms with Crippen molar-refractivity contribution < 1.29 is 9.53 Å². The molecule has 0 saturated heterocycles. The number of carbonyl (C=O) groups is 1. The predicted octanol–water partition coefficient (Wildman–Crippen LogP) is 1.05. The number of nitrogens with one attached hydrogen (secondary N) is 1. The Morgan fingerprint density at radius 1 is 1.47 bits per heavy atom. The highest BCUT2D eigenvalue weighted by molar-refractivity contribution is 7.80. The number of rotatable bonds is 3. The molecule has 0 aliphatic rings. The van der Waals surface area contributed by atoms with Crippen LogP contribution in [-0.2, 0) is 0 Å². The third-order valence-electron chi connectivity index (χ3n) is 2.10. The molecule has 92 valence electrons. The SMILES string of the molecule is COc1ccc(NC(N)=S)cc1C(=O)N(C)C. The van der Waals surface area contributed by atoms with E-state index in [2.05, 4.69) is 5.32 Å². The molecule has 17 heavy (non-hydrogen) atoms. The van der Waals surface area contributed by atoms with Gasteiger partial charge in [0.15, 0.2) is 5.11 Å². The van der Waals surface area contributed by atoms with Gasteiger partial charge in [-0.2, -0.15) is 0 Å². The van der Waals surface area contributed by atoms with Gasteiger partial charge in [-0.05, 0) is 30.4 Å². The fraction of sp³-hybridized carbons (Fsp3) is 0.273. The highest BCUT2D eigenvalue weighted by atomic mass is 32.1. The van der Waals surface area contributed by atoms with E-state index in [1.807, 2.05) is 0 Å². The van der Waals surface area contributed by atoms with Gasteiger partial charge in [-0.25, -0.2) is 0 Å². The Labute approximate surface area is 106 Å². The molecule has 1 aromatic rings. The van der Waals surface area contributed by atoms with E-state index in [1.54, 1.807) is 32.3 Å². The third-order valence-corrected chi connectivity index (χ3v) is 2.21. The van der Waals surface area contributed by atoms with E-state index in [1.165, 1.54) is 12.0 Å². The second kappa shape index (κ2) is 5.49. The summed E-state index contributed by atoms with van der Waals surface area (Å²) in [5, 5.41) is 2.92. The first-order chi connectivity index (χ1) is 7.95. The molecule has 1 aromatic carbocycles. The Morgan fingerprint density at radius 2 is 2.12 bits per heavy atom. The lowest BCUT2D eigenvalue weighted by molar-refractivity contribution is 0.0824. The van der Waals surface area contributed by atoms with E-state index in [-0.39, 0.29) is 11.0 Å². The minimum atomic E-state index is -0.145. The quantitative estimate of drug-likeness (QED) is 0.788. The summed E-state index contributed by atoms with van der Waals surface area (Å²) in [6.45, 7) is 0. The zero-order valence-electron chi connectivity index (χ0n) is 9.98. The minimum absolute atomic E-state index is 0.145. The van der Waals surface area contributed by atoms with Crippen LogP contribution in [0.2, 0.25) is 0 Å². The molecule has 0 fully saturated rings. The monoisotopic (exact) mass is 253 g/mol. The molecule has 0 aromatic heterocycles. The Bertz CT molecular complexity index is 446. The molecular formula is C11H15N3O2S. The van der Waals surface area contributed by atoms with Gasteiger partial charge in [0.1, 0.15) is 5.75 Å². The summed E-state index contributed by atoms with van der Waals surface area (Å²) in [6.07, 6.45) is 0. The minimum Gasteiger partial charge on any atom is -0.496 e. The zero-order chi connectivity index (χ0) is 13.0. The first-order valence-corrected chi connectivity index (χ1v) is 5.32. The van der Waals surface area contributed by atoms with Gasteiger partial charge >= 0.3 is 0 Å². The lowest BCUT2D eigenvalue weighted by Crippen LogP contribution is -2.23. The van der Waals surface area contributed by atoms with Crippen LogP contribution in [-0.4, -0.2) is 37.1 Å². The molecule has 6 heteroatoms. The molecule has 1 amide bonds. The van der Waals surface area contributed by atoms with Crippen molar-refractivity contribution in [3.8, 4) is 5.75 Å². The highest BCUT2D eigenvalue weighted by Crippen LogP contribution is 2.23. The maximum atomic E-state index is 11.9. The van der Waals surface area contributed by atoms with Gasteiger partial charge in [0.2, 0.25) is 0 Å². The average Bonchev–Trinajstić information content (AvgIpc) is 2.27. The van der Waals surface area contributed by atoms with Crippen molar-refractivity contribution in [1.82, 2.24) is 4.90 Å². The van der Waals surface area contributed by atoms with E-state index in [0.29, 0.717) is 17.0 Å². The van der Waals surface area contributed by atoms with Gasteiger partial charge in [-0.3, -0.25) is 4.79 Å². The molecule has 1 rings (SSSR count). The number of nitrogens with zero attached hydrogens (tertiary/aromatic N) is 1. The summed E-state index contributed by atoms with van der Waals surface area (Å²) in [5.74, 6) is 0.366. The highest BCUT2D eigenvalue weighted by Gasteiger charge is 2.14. The topological polar surface area (TPSA) is 67.6 Å². The van der Waals surface area contributed by atoms with Crippen molar-refractivity contribution in [1.29, 1.82) is 0 Å². The number of amides is 1. The standard InChI is InChI=1S/C11H15N3O2S/c1-14(2)10(15)8-6-7(13-11(12)17)4-5-9(8)16-3/h4-6H,1-3H3,(H3,12,13,17). The van der Waals surface area contributed by atoms with Gasteiger partial charge < -0.3 is 20.7 Å². The number of thiocarbonyl (C=S) groups is 1. The van der Waals surface area contributed by atoms with Crippen molar-refractivity contribution in [3.63, 3.8) is 0 Å². The zero-order valence-corrected chi connectivity index (χ0v) is 10.8. The smallest absolute Gasteiger partial charge is 0.257 e. The van der Waals surface area contributed by atoms with Crippen LogP contribution in [0, 0.1) is 0 Å². The van der Waals surface area contributed by atoms with Crippen molar-refractivity contribution >= 4 is 28.9 Å². The molecule has 0 aliphatic heterocycles. The number of hydrogen-bond acceptors (Lipinski definition) is 3. The Morgan fingerprint density at radius 3 is 2.59 bits per heavy atom. The van der Waals surface area contributed by atoms with Crippen LogP contribution in [0.1, 0.15) is 10.4 Å². The lowest BCUT2D eigenvalue weighted by Gasteiger charge is -2.14. The molecule has 0 unspecified atom stereocenters. The van der Waals surface area contributed by atoms with Crippen LogP contribution in [0.5, 0.6) is 5.75 Å². The Kier molecular flexibility index (Phi) is 4.28. The summed E-state index contributed by atoms with van der Waals surface area (Å²) in [7, 11) is 4.87. The molecule has 5 nitrogen and oxygen atoms in total. The van der Waals surface area contributed by atoms with E-state index in [9.17, 15) is 4.79 Å². The van der Waals surface area contributed by atoms with Gasteiger partial charge in [0.25, 0.3) is 5.91 Å². The Hall–Kier alpha value is -1.82. The van der Waals surface area contributed by atoms with Crippen molar-refractivity contribution in [2.45, 2.75) is 0 Å². The third kappa shape index (κ3) is 3.32. The summed E-state index contributed by atoms with van der Waals surface area (Å²) in [5.41, 5.74) is 6.49. The van der Waals surface area contributed by atoms with E-state index in [4.69, 9.17) is 22.7 Å². The van der Waals surface area contributed by atoms with Gasteiger partial charge in [-0.1, -0.05) is 0 Å². The van der Waals surface area contributed by atoms with Crippen LogP contribution >= 0.6 is 12.2 Å². The summed E-state index contributed by atoms with van der Waals surface area (Å²) >= 11 is 4.74. The average molecular weight is 253 g/mol. The van der Waals surface area contributed by atoms with Crippen molar-refractivity contribution in [2.75, 3.05) is 26.5 Å². The molecule has 0 radical (unpaired) electrons. The fourth-order valence-corrected chi connectivity index (χ4v) is 1.45. The number of anilines is 1. The number of benzene rings is 1. The van der Waals surface area contributed by atoms with Gasteiger partial charge in [-0.15, -0.1) is 0 Å². The molecular weight excluding hydrogens is 238 g/mol. The Balaban J connectivity index is 3.15. The molecule has 3 N–H and O–H groups in total. The summed E-state index contributed by atoms with van der Waals surface area (Å²) in [4.78, 5) is 13.4. The van der Waals surface area contributed by atoms with E-state index >= 15 is 0 Å². The molecule has 0 saturated carbocycles. The van der Waals surface area contributed by atoms with Gasteiger partial charge in [0.05, 0.1) is 12.7 Å². The lowest BCUT2D eigenvalue weighted by atomic mass is 10.1. The second-order valence-corrected chi connectivity index (χ2v) is 4.04. The van der Waals surface area contributed by atoms with Crippen LogP contribution in [0.4, 0.5) is 5.69 Å². The first-order valence-electron chi connectivity index (χ1n) is 4.92. The van der Waals surface area contributed by atoms with Crippen molar-refractivity contribution in [3.05, 3.63) is 23.8 Å². The molecule has 0 spiro atoms. The molecule has 0 heterocycles. The van der Waals surface area contributed by atoms with E-state index < -0.39 is 0 Å².